The molecule has 1 aliphatic rings. The summed E-state index contributed by atoms with van der Waals surface area (Å²) in [6.07, 6.45) is 2.84. The lowest BCUT2D eigenvalue weighted by Gasteiger charge is -2.07. The van der Waals surface area contributed by atoms with Gasteiger partial charge in [0.05, 0.1) is 22.1 Å². The highest BCUT2D eigenvalue weighted by Crippen LogP contribution is 2.38. The monoisotopic (exact) mass is 388 g/mol. The van der Waals surface area contributed by atoms with E-state index in [4.69, 9.17) is 9.98 Å². The SMILES string of the molecule is CSC1=Nc2ccc(Sc3ccccc3)cc2N=C(c2ccc(C)cc2)C1. The van der Waals surface area contributed by atoms with Crippen LogP contribution < -0.4 is 0 Å². The average Bonchev–Trinajstić information content (AvgIpc) is 2.88. The number of aliphatic imine (C=N–C) groups is 2. The van der Waals surface area contributed by atoms with Crippen molar-refractivity contribution in [3.8, 4) is 0 Å². The van der Waals surface area contributed by atoms with Crippen LogP contribution in [0.3, 0.4) is 0 Å². The van der Waals surface area contributed by atoms with Gasteiger partial charge in [-0.2, -0.15) is 0 Å². The van der Waals surface area contributed by atoms with Gasteiger partial charge < -0.3 is 0 Å². The molecule has 0 saturated carbocycles. The molecule has 0 fully saturated rings. The van der Waals surface area contributed by atoms with Gasteiger partial charge in [0.25, 0.3) is 0 Å². The summed E-state index contributed by atoms with van der Waals surface area (Å²) in [5.74, 6) is 0. The zero-order chi connectivity index (χ0) is 18.6. The molecule has 0 atom stereocenters. The fourth-order valence-electron chi connectivity index (χ4n) is 2.91. The molecule has 0 saturated heterocycles. The van der Waals surface area contributed by atoms with Gasteiger partial charge >= 0.3 is 0 Å². The maximum atomic E-state index is 5.01. The highest BCUT2D eigenvalue weighted by atomic mass is 32.2. The normalized spacial score (nSPS) is 13.4. The number of fused-ring (bicyclic) bond motifs is 1. The van der Waals surface area contributed by atoms with Gasteiger partial charge in [0.2, 0.25) is 0 Å². The minimum Gasteiger partial charge on any atom is -0.250 e. The van der Waals surface area contributed by atoms with Gasteiger partial charge in [-0.1, -0.05) is 59.8 Å². The van der Waals surface area contributed by atoms with Crippen molar-refractivity contribution in [2.45, 2.75) is 23.1 Å². The second-order valence-corrected chi connectivity index (χ2v) is 8.40. The Morgan fingerprint density at radius 3 is 2.30 bits per heavy atom. The molecule has 3 aromatic carbocycles. The number of hydrogen-bond acceptors (Lipinski definition) is 4. The maximum Gasteiger partial charge on any atom is 0.0901 e. The smallest absolute Gasteiger partial charge is 0.0901 e. The lowest BCUT2D eigenvalue weighted by Crippen LogP contribution is -2.05. The quantitative estimate of drug-likeness (QED) is 0.479. The van der Waals surface area contributed by atoms with Crippen molar-refractivity contribution >= 4 is 45.7 Å². The van der Waals surface area contributed by atoms with Gasteiger partial charge in [-0.15, -0.1) is 11.8 Å². The van der Waals surface area contributed by atoms with Crippen molar-refractivity contribution in [3.63, 3.8) is 0 Å². The molecule has 0 unspecified atom stereocenters. The van der Waals surface area contributed by atoms with Crippen LogP contribution in [0.2, 0.25) is 0 Å². The van der Waals surface area contributed by atoms with Crippen LogP contribution in [0.4, 0.5) is 11.4 Å². The second-order valence-electron chi connectivity index (χ2n) is 6.38. The number of aryl methyl sites for hydroxylation is 1. The predicted molar refractivity (Wildman–Crippen MR) is 120 cm³/mol. The van der Waals surface area contributed by atoms with Crippen LogP contribution in [0.5, 0.6) is 0 Å². The molecule has 0 N–H and O–H groups in total. The molecule has 134 valence electrons. The number of hydrogen-bond donors (Lipinski definition) is 0. The Morgan fingerprint density at radius 2 is 1.56 bits per heavy atom. The van der Waals surface area contributed by atoms with E-state index in [-0.39, 0.29) is 0 Å². The van der Waals surface area contributed by atoms with Crippen LogP contribution >= 0.6 is 23.5 Å². The summed E-state index contributed by atoms with van der Waals surface area (Å²) in [5, 5.41) is 1.09. The molecule has 4 rings (SSSR count). The first-order chi connectivity index (χ1) is 13.2. The molecule has 1 aliphatic heterocycles. The lowest BCUT2D eigenvalue weighted by molar-refractivity contribution is 1.36. The Balaban J connectivity index is 1.74. The van der Waals surface area contributed by atoms with Crippen molar-refractivity contribution in [1.82, 2.24) is 0 Å². The highest BCUT2D eigenvalue weighted by molar-refractivity contribution is 8.13. The third kappa shape index (κ3) is 4.34. The van der Waals surface area contributed by atoms with E-state index in [0.717, 1.165) is 34.1 Å². The fourth-order valence-corrected chi connectivity index (χ4v) is 4.25. The maximum absolute atomic E-state index is 5.01. The minimum absolute atomic E-state index is 0.764. The van der Waals surface area contributed by atoms with E-state index in [2.05, 4.69) is 79.9 Å². The van der Waals surface area contributed by atoms with E-state index in [1.807, 2.05) is 6.07 Å². The standard InChI is InChI=1S/C23H20N2S2/c1-16-8-10-17(11-9-16)21-15-23(26-2)25-20-13-12-19(14-22(20)24-21)27-18-6-4-3-5-7-18/h3-14H,15H2,1-2H3. The van der Waals surface area contributed by atoms with E-state index < -0.39 is 0 Å². The summed E-state index contributed by atoms with van der Waals surface area (Å²) < 4.78 is 0. The molecule has 27 heavy (non-hydrogen) atoms. The molecule has 1 heterocycles. The molecular weight excluding hydrogens is 368 g/mol. The van der Waals surface area contributed by atoms with Gasteiger partial charge in [0.15, 0.2) is 0 Å². The zero-order valence-electron chi connectivity index (χ0n) is 15.3. The first-order valence-corrected chi connectivity index (χ1v) is 10.9. The van der Waals surface area contributed by atoms with Crippen molar-refractivity contribution in [1.29, 1.82) is 0 Å². The number of thioether (sulfide) groups is 1. The molecule has 0 aromatic heterocycles. The molecule has 0 aliphatic carbocycles. The second kappa shape index (κ2) is 8.15. The van der Waals surface area contributed by atoms with Crippen LogP contribution in [0.25, 0.3) is 0 Å². The Kier molecular flexibility index (Phi) is 5.46. The van der Waals surface area contributed by atoms with Gasteiger partial charge in [0, 0.05) is 16.2 Å². The topological polar surface area (TPSA) is 24.7 Å². The molecule has 4 heteroatoms. The van der Waals surface area contributed by atoms with Crippen molar-refractivity contribution < 1.29 is 0 Å². The summed E-state index contributed by atoms with van der Waals surface area (Å²) >= 11 is 3.44. The molecule has 0 bridgehead atoms. The summed E-state index contributed by atoms with van der Waals surface area (Å²) in [7, 11) is 0. The van der Waals surface area contributed by atoms with Crippen LogP contribution in [-0.4, -0.2) is 17.0 Å². The fraction of sp³-hybridized carbons (Fsp3) is 0.130. The number of nitrogens with zero attached hydrogens (tertiary/aromatic N) is 2. The Morgan fingerprint density at radius 1 is 0.778 bits per heavy atom. The van der Waals surface area contributed by atoms with E-state index in [9.17, 15) is 0 Å². The Labute approximate surface area is 168 Å². The largest absolute Gasteiger partial charge is 0.250 e. The summed E-state index contributed by atoms with van der Waals surface area (Å²) in [6, 6.07) is 25.4. The molecule has 2 nitrogen and oxygen atoms in total. The minimum atomic E-state index is 0.764. The van der Waals surface area contributed by atoms with E-state index in [1.54, 1.807) is 23.5 Å². The van der Waals surface area contributed by atoms with Crippen molar-refractivity contribution in [2.24, 2.45) is 9.98 Å². The molecule has 3 aromatic rings. The van der Waals surface area contributed by atoms with Gasteiger partial charge in [-0.05, 0) is 49.1 Å². The third-order valence-corrected chi connectivity index (χ3v) is 6.07. The van der Waals surface area contributed by atoms with Crippen LogP contribution in [0.1, 0.15) is 17.5 Å². The van der Waals surface area contributed by atoms with Gasteiger partial charge in [-0.25, -0.2) is 4.99 Å². The lowest BCUT2D eigenvalue weighted by atomic mass is 10.1. The third-order valence-electron chi connectivity index (χ3n) is 4.37. The first-order valence-electron chi connectivity index (χ1n) is 8.84. The first kappa shape index (κ1) is 18.1. The predicted octanol–water partition coefficient (Wildman–Crippen LogP) is 7.06. The van der Waals surface area contributed by atoms with E-state index in [0.29, 0.717) is 0 Å². The van der Waals surface area contributed by atoms with Crippen molar-refractivity contribution in [3.05, 3.63) is 83.9 Å². The summed E-state index contributed by atoms with van der Waals surface area (Å²) in [4.78, 5) is 12.3. The van der Waals surface area contributed by atoms with E-state index >= 15 is 0 Å². The molecular formula is C23H20N2S2. The van der Waals surface area contributed by atoms with Crippen LogP contribution in [-0.2, 0) is 0 Å². The van der Waals surface area contributed by atoms with Crippen LogP contribution in [0, 0.1) is 6.92 Å². The Bertz CT molecular complexity index is 1010. The highest BCUT2D eigenvalue weighted by Gasteiger charge is 2.15. The Hall–Kier alpha value is -2.30. The van der Waals surface area contributed by atoms with Crippen molar-refractivity contribution in [2.75, 3.05) is 6.26 Å². The molecule has 0 amide bonds. The van der Waals surface area contributed by atoms with Crippen LogP contribution in [0.15, 0.2) is 92.6 Å². The van der Waals surface area contributed by atoms with Gasteiger partial charge in [-0.3, -0.25) is 4.99 Å². The average molecular weight is 389 g/mol. The number of benzene rings is 3. The summed E-state index contributed by atoms with van der Waals surface area (Å²) in [6.45, 7) is 2.11. The number of rotatable bonds is 3. The molecule has 0 spiro atoms. The van der Waals surface area contributed by atoms with Gasteiger partial charge in [0.1, 0.15) is 0 Å². The zero-order valence-corrected chi connectivity index (χ0v) is 17.0. The van der Waals surface area contributed by atoms with E-state index in [1.165, 1.54) is 15.4 Å². The summed E-state index contributed by atoms with van der Waals surface area (Å²) in [5.41, 5.74) is 5.38. The molecule has 0 radical (unpaired) electrons.